The Balaban J connectivity index is 2.49. The van der Waals surface area contributed by atoms with Crippen molar-refractivity contribution in [2.45, 2.75) is 38.7 Å². The van der Waals surface area contributed by atoms with E-state index in [1.165, 1.54) is 5.56 Å². The van der Waals surface area contributed by atoms with Gasteiger partial charge in [0.2, 0.25) is 0 Å². The molecule has 100 valence electrons. The molecule has 1 nitrogen and oxygen atoms in total. The fraction of sp³-hybridized carbons (Fsp3) is 0.333. The summed E-state index contributed by atoms with van der Waals surface area (Å²) in [5, 5.41) is 11.2. The molecule has 1 unspecified atom stereocenters. The van der Waals surface area contributed by atoms with Gasteiger partial charge < -0.3 is 5.11 Å². The van der Waals surface area contributed by atoms with Crippen molar-refractivity contribution < 1.29 is 5.11 Å². The zero-order chi connectivity index (χ0) is 13.7. The lowest BCUT2D eigenvalue weighted by atomic mass is 9.82. The second-order valence-electron chi connectivity index (χ2n) is 5.03. The Bertz CT molecular complexity index is 518. The normalized spacial score (nSPS) is 14.1. The molecule has 2 aromatic carbocycles. The van der Waals surface area contributed by atoms with Gasteiger partial charge in [-0.2, -0.15) is 0 Å². The van der Waals surface area contributed by atoms with E-state index >= 15 is 0 Å². The maximum absolute atomic E-state index is 11.2. The Kier molecular flexibility index (Phi) is 4.39. The van der Waals surface area contributed by atoms with Gasteiger partial charge in [0, 0.05) is 0 Å². The summed E-state index contributed by atoms with van der Waals surface area (Å²) in [4.78, 5) is 0. The molecule has 0 fully saturated rings. The van der Waals surface area contributed by atoms with Crippen LogP contribution in [-0.4, -0.2) is 5.11 Å². The van der Waals surface area contributed by atoms with Crippen molar-refractivity contribution in [3.63, 3.8) is 0 Å². The number of aryl methyl sites for hydroxylation is 1. The molecule has 0 saturated heterocycles. The molecular weight excluding hydrogens is 232 g/mol. The first kappa shape index (κ1) is 13.8. The lowest BCUT2D eigenvalue weighted by Crippen LogP contribution is -2.27. The molecule has 0 aliphatic rings. The van der Waals surface area contributed by atoms with Crippen molar-refractivity contribution >= 4 is 0 Å². The minimum Gasteiger partial charge on any atom is -0.380 e. The molecule has 0 aliphatic carbocycles. The van der Waals surface area contributed by atoms with Gasteiger partial charge >= 0.3 is 0 Å². The monoisotopic (exact) mass is 254 g/mol. The third-order valence-electron chi connectivity index (χ3n) is 3.68. The highest BCUT2D eigenvalue weighted by Gasteiger charge is 2.30. The molecule has 0 heterocycles. The van der Waals surface area contributed by atoms with E-state index in [2.05, 4.69) is 26.0 Å². The van der Waals surface area contributed by atoms with Crippen molar-refractivity contribution in [3.05, 3.63) is 71.3 Å². The average Bonchev–Trinajstić information content (AvgIpc) is 2.48. The number of rotatable bonds is 5. The highest BCUT2D eigenvalue weighted by atomic mass is 16.3. The molecule has 1 N–H and O–H groups in total. The highest BCUT2D eigenvalue weighted by Crippen LogP contribution is 2.34. The number of benzene rings is 2. The van der Waals surface area contributed by atoms with Crippen LogP contribution in [0.1, 0.15) is 43.4 Å². The van der Waals surface area contributed by atoms with Crippen LogP contribution in [0.3, 0.4) is 0 Å². The van der Waals surface area contributed by atoms with E-state index in [4.69, 9.17) is 0 Å². The van der Waals surface area contributed by atoms with Crippen molar-refractivity contribution in [2.24, 2.45) is 0 Å². The molecule has 0 amide bonds. The van der Waals surface area contributed by atoms with Gasteiger partial charge in [-0.15, -0.1) is 0 Å². The molecule has 0 aromatic heterocycles. The van der Waals surface area contributed by atoms with Crippen LogP contribution in [0.15, 0.2) is 54.6 Å². The van der Waals surface area contributed by atoms with Crippen LogP contribution in [0, 0.1) is 0 Å². The van der Waals surface area contributed by atoms with E-state index in [0.717, 1.165) is 30.4 Å². The third kappa shape index (κ3) is 2.87. The van der Waals surface area contributed by atoms with E-state index in [0.29, 0.717) is 0 Å². The molecule has 2 rings (SSSR count). The quantitative estimate of drug-likeness (QED) is 0.844. The Morgan fingerprint density at radius 1 is 0.895 bits per heavy atom. The predicted molar refractivity (Wildman–Crippen MR) is 80.2 cm³/mol. The summed E-state index contributed by atoms with van der Waals surface area (Å²) in [7, 11) is 0. The number of aliphatic hydroxyl groups is 1. The average molecular weight is 254 g/mol. The molecular formula is C18H22O. The van der Waals surface area contributed by atoms with Gasteiger partial charge in [-0.25, -0.2) is 0 Å². The van der Waals surface area contributed by atoms with Crippen LogP contribution in [0.2, 0.25) is 0 Å². The van der Waals surface area contributed by atoms with Crippen LogP contribution in [-0.2, 0) is 12.0 Å². The maximum Gasteiger partial charge on any atom is 0.115 e. The summed E-state index contributed by atoms with van der Waals surface area (Å²) in [5.74, 6) is 0. The van der Waals surface area contributed by atoms with Crippen LogP contribution in [0.4, 0.5) is 0 Å². The Labute approximate surface area is 115 Å². The van der Waals surface area contributed by atoms with Gasteiger partial charge in [-0.05, 0) is 29.5 Å². The van der Waals surface area contributed by atoms with Gasteiger partial charge in [0.05, 0.1) is 0 Å². The van der Waals surface area contributed by atoms with Crippen molar-refractivity contribution in [1.82, 2.24) is 0 Å². The van der Waals surface area contributed by atoms with Crippen LogP contribution < -0.4 is 0 Å². The summed E-state index contributed by atoms with van der Waals surface area (Å²) in [5.41, 5.74) is 2.37. The largest absolute Gasteiger partial charge is 0.380 e. The Morgan fingerprint density at radius 2 is 1.58 bits per heavy atom. The second kappa shape index (κ2) is 6.03. The molecule has 2 aromatic rings. The van der Waals surface area contributed by atoms with Gasteiger partial charge in [0.15, 0.2) is 0 Å². The number of hydrogen-bond donors (Lipinski definition) is 1. The molecule has 0 bridgehead atoms. The minimum absolute atomic E-state index is 0.740. The minimum atomic E-state index is -0.874. The number of hydrogen-bond acceptors (Lipinski definition) is 1. The second-order valence-corrected chi connectivity index (χ2v) is 5.03. The molecule has 1 heteroatoms. The van der Waals surface area contributed by atoms with Gasteiger partial charge in [-0.3, -0.25) is 0 Å². The molecule has 0 aliphatic heterocycles. The summed E-state index contributed by atoms with van der Waals surface area (Å²) >= 11 is 0. The Hall–Kier alpha value is -1.60. The van der Waals surface area contributed by atoms with Gasteiger partial charge in [-0.1, -0.05) is 74.9 Å². The third-order valence-corrected chi connectivity index (χ3v) is 3.68. The lowest BCUT2D eigenvalue weighted by molar-refractivity contribution is 0.0701. The predicted octanol–water partition coefficient (Wildman–Crippen LogP) is 4.29. The molecule has 19 heavy (non-hydrogen) atoms. The fourth-order valence-electron chi connectivity index (χ4n) is 2.58. The van der Waals surface area contributed by atoms with Crippen LogP contribution in [0.25, 0.3) is 0 Å². The molecule has 1 atom stereocenters. The topological polar surface area (TPSA) is 20.2 Å². The zero-order valence-electron chi connectivity index (χ0n) is 11.8. The van der Waals surface area contributed by atoms with Crippen molar-refractivity contribution in [2.75, 3.05) is 0 Å². The summed E-state index contributed by atoms with van der Waals surface area (Å²) in [6.07, 6.45) is 2.68. The van der Waals surface area contributed by atoms with E-state index < -0.39 is 5.60 Å². The smallest absolute Gasteiger partial charge is 0.115 e. The lowest BCUT2D eigenvalue weighted by Gasteiger charge is -2.29. The van der Waals surface area contributed by atoms with Crippen LogP contribution in [0.5, 0.6) is 0 Å². The first-order chi connectivity index (χ1) is 9.20. The molecule has 0 radical (unpaired) electrons. The Morgan fingerprint density at radius 3 is 2.21 bits per heavy atom. The summed E-state index contributed by atoms with van der Waals surface area (Å²) < 4.78 is 0. The van der Waals surface area contributed by atoms with E-state index in [1.54, 1.807) is 0 Å². The maximum atomic E-state index is 11.2. The van der Waals surface area contributed by atoms with Gasteiger partial charge in [0.1, 0.15) is 5.60 Å². The highest BCUT2D eigenvalue weighted by molar-refractivity contribution is 5.37. The van der Waals surface area contributed by atoms with Gasteiger partial charge in [0.25, 0.3) is 0 Å². The standard InChI is InChI=1S/C18H22O/c1-3-13-18(19,16-10-6-5-7-11-16)17-12-8-9-15(4-2)14-17/h5-12,14,19H,3-4,13H2,1-2H3. The molecule has 0 spiro atoms. The zero-order valence-corrected chi connectivity index (χ0v) is 11.8. The van der Waals surface area contributed by atoms with E-state index in [1.807, 2.05) is 42.5 Å². The fourth-order valence-corrected chi connectivity index (χ4v) is 2.58. The van der Waals surface area contributed by atoms with Crippen molar-refractivity contribution in [1.29, 1.82) is 0 Å². The first-order valence-corrected chi connectivity index (χ1v) is 7.08. The first-order valence-electron chi connectivity index (χ1n) is 7.08. The van der Waals surface area contributed by atoms with Crippen molar-refractivity contribution in [3.8, 4) is 0 Å². The SMILES string of the molecule is CCCC(O)(c1ccccc1)c1cccc(CC)c1. The van der Waals surface area contributed by atoms with E-state index in [9.17, 15) is 5.11 Å². The molecule has 0 saturated carbocycles. The summed E-state index contributed by atoms with van der Waals surface area (Å²) in [6, 6.07) is 18.3. The summed E-state index contributed by atoms with van der Waals surface area (Å²) in [6.45, 7) is 4.25. The van der Waals surface area contributed by atoms with Crippen LogP contribution >= 0.6 is 0 Å². The van der Waals surface area contributed by atoms with E-state index in [-0.39, 0.29) is 0 Å².